The standard InChI is InChI=1S/C16H17N5O4/c1-9(2)25-15(22)13-10(3)19-16-17-8-18-20(16)14(13)11-5-4-6-12(7-11)21(23)24/h4-9,14H,1-3H3,(H,17,18,19)/t14-/m0/s1. The van der Waals surface area contributed by atoms with E-state index in [2.05, 4.69) is 15.4 Å². The lowest BCUT2D eigenvalue weighted by Crippen LogP contribution is -2.30. The van der Waals surface area contributed by atoms with Crippen LogP contribution in [0.15, 0.2) is 41.9 Å². The van der Waals surface area contributed by atoms with E-state index in [0.29, 0.717) is 22.8 Å². The Balaban J connectivity index is 2.14. The quantitative estimate of drug-likeness (QED) is 0.515. The molecule has 1 aromatic carbocycles. The van der Waals surface area contributed by atoms with Gasteiger partial charge in [0.05, 0.1) is 16.6 Å². The second kappa shape index (κ2) is 6.34. The number of aromatic nitrogens is 3. The van der Waals surface area contributed by atoms with Crippen molar-refractivity contribution in [1.82, 2.24) is 14.8 Å². The molecule has 9 nitrogen and oxygen atoms in total. The first-order valence-electron chi connectivity index (χ1n) is 7.71. The molecule has 1 atom stereocenters. The highest BCUT2D eigenvalue weighted by molar-refractivity contribution is 5.92. The summed E-state index contributed by atoms with van der Waals surface area (Å²) in [5, 5.41) is 18.3. The van der Waals surface area contributed by atoms with E-state index in [1.807, 2.05) is 0 Å². The molecule has 3 rings (SSSR count). The Labute approximate surface area is 143 Å². The van der Waals surface area contributed by atoms with Crippen LogP contribution in [-0.2, 0) is 9.53 Å². The molecule has 9 heteroatoms. The van der Waals surface area contributed by atoms with E-state index in [1.54, 1.807) is 32.9 Å². The van der Waals surface area contributed by atoms with Crippen molar-refractivity contribution < 1.29 is 14.5 Å². The van der Waals surface area contributed by atoms with Crippen molar-refractivity contribution in [1.29, 1.82) is 0 Å². The zero-order valence-electron chi connectivity index (χ0n) is 14.0. The first-order valence-corrected chi connectivity index (χ1v) is 7.71. The summed E-state index contributed by atoms with van der Waals surface area (Å²) in [6.07, 6.45) is 1.06. The van der Waals surface area contributed by atoms with Crippen molar-refractivity contribution in [2.75, 3.05) is 5.32 Å². The average molecular weight is 343 g/mol. The number of ether oxygens (including phenoxy) is 1. The van der Waals surface area contributed by atoms with Gasteiger partial charge in [-0.3, -0.25) is 10.1 Å². The number of hydrogen-bond donors (Lipinski definition) is 1. The molecule has 1 aliphatic rings. The van der Waals surface area contributed by atoms with Gasteiger partial charge in [-0.1, -0.05) is 12.1 Å². The topological polar surface area (TPSA) is 112 Å². The van der Waals surface area contributed by atoms with Crippen LogP contribution < -0.4 is 5.32 Å². The molecule has 0 radical (unpaired) electrons. The molecular weight excluding hydrogens is 326 g/mol. The summed E-state index contributed by atoms with van der Waals surface area (Å²) in [6.45, 7) is 5.25. The number of rotatable bonds is 4. The van der Waals surface area contributed by atoms with E-state index >= 15 is 0 Å². The van der Waals surface area contributed by atoms with Gasteiger partial charge in [0.25, 0.3) is 5.69 Å². The summed E-state index contributed by atoms with van der Waals surface area (Å²) < 4.78 is 6.87. The number of anilines is 1. The summed E-state index contributed by atoms with van der Waals surface area (Å²) in [5.74, 6) is -0.0484. The number of carbonyl (C=O) groups is 1. The minimum absolute atomic E-state index is 0.0630. The summed E-state index contributed by atoms with van der Waals surface area (Å²) in [4.78, 5) is 27.4. The third-order valence-electron chi connectivity index (χ3n) is 3.75. The molecule has 1 aliphatic heterocycles. The van der Waals surface area contributed by atoms with E-state index < -0.39 is 16.9 Å². The lowest BCUT2D eigenvalue weighted by molar-refractivity contribution is -0.384. The van der Waals surface area contributed by atoms with Gasteiger partial charge in [-0.15, -0.1) is 0 Å². The summed E-state index contributed by atoms with van der Waals surface area (Å²) >= 11 is 0. The number of nitrogens with zero attached hydrogens (tertiary/aromatic N) is 4. The maximum atomic E-state index is 12.6. The van der Waals surface area contributed by atoms with Crippen molar-refractivity contribution in [3.05, 3.63) is 57.5 Å². The first-order chi connectivity index (χ1) is 11.9. The first kappa shape index (κ1) is 16.6. The van der Waals surface area contributed by atoms with Crippen LogP contribution in [0.2, 0.25) is 0 Å². The fourth-order valence-corrected chi connectivity index (χ4v) is 2.75. The molecule has 2 heterocycles. The van der Waals surface area contributed by atoms with Crippen molar-refractivity contribution in [2.24, 2.45) is 0 Å². The maximum Gasteiger partial charge on any atom is 0.338 e. The van der Waals surface area contributed by atoms with Crippen LogP contribution in [0.4, 0.5) is 11.6 Å². The van der Waals surface area contributed by atoms with Gasteiger partial charge >= 0.3 is 5.97 Å². The zero-order valence-corrected chi connectivity index (χ0v) is 14.0. The molecule has 0 aliphatic carbocycles. The van der Waals surface area contributed by atoms with Crippen molar-refractivity contribution in [3.8, 4) is 0 Å². The number of nitro benzene ring substituents is 1. The number of hydrogen-bond acceptors (Lipinski definition) is 7. The summed E-state index contributed by atoms with van der Waals surface area (Å²) in [5.41, 5.74) is 1.40. The normalized spacial score (nSPS) is 16.4. The van der Waals surface area contributed by atoms with Crippen LogP contribution in [0.5, 0.6) is 0 Å². The van der Waals surface area contributed by atoms with Crippen LogP contribution in [0.1, 0.15) is 32.4 Å². The van der Waals surface area contributed by atoms with Gasteiger partial charge in [-0.05, 0) is 26.3 Å². The number of allylic oxidation sites excluding steroid dienone is 1. The molecule has 0 saturated carbocycles. The number of non-ortho nitro benzene ring substituents is 1. The Kier molecular flexibility index (Phi) is 4.22. The molecule has 25 heavy (non-hydrogen) atoms. The Morgan fingerprint density at radius 3 is 2.88 bits per heavy atom. The molecule has 0 unspecified atom stereocenters. The third-order valence-corrected chi connectivity index (χ3v) is 3.75. The lowest BCUT2D eigenvalue weighted by Gasteiger charge is -2.28. The minimum Gasteiger partial charge on any atom is -0.459 e. The fourth-order valence-electron chi connectivity index (χ4n) is 2.75. The second-order valence-electron chi connectivity index (χ2n) is 5.90. The largest absolute Gasteiger partial charge is 0.459 e. The summed E-state index contributed by atoms with van der Waals surface area (Å²) in [7, 11) is 0. The molecule has 130 valence electrons. The van der Waals surface area contributed by atoms with Crippen molar-refractivity contribution in [2.45, 2.75) is 32.9 Å². The van der Waals surface area contributed by atoms with E-state index in [4.69, 9.17) is 4.74 Å². The molecule has 0 spiro atoms. The maximum absolute atomic E-state index is 12.6. The molecule has 0 bridgehead atoms. The van der Waals surface area contributed by atoms with Crippen LogP contribution >= 0.6 is 0 Å². The number of nitrogens with one attached hydrogen (secondary N) is 1. The summed E-state index contributed by atoms with van der Waals surface area (Å²) in [6, 6.07) is 5.45. The smallest absolute Gasteiger partial charge is 0.338 e. The fraction of sp³-hybridized carbons (Fsp3) is 0.312. The van der Waals surface area contributed by atoms with E-state index in [1.165, 1.54) is 23.1 Å². The Bertz CT molecular complexity index is 871. The Morgan fingerprint density at radius 2 is 2.20 bits per heavy atom. The van der Waals surface area contributed by atoms with Gasteiger partial charge in [0.2, 0.25) is 5.95 Å². The number of esters is 1. The number of nitro groups is 1. The molecule has 2 aromatic rings. The second-order valence-corrected chi connectivity index (χ2v) is 5.90. The molecule has 1 N–H and O–H groups in total. The predicted molar refractivity (Wildman–Crippen MR) is 88.8 cm³/mol. The lowest BCUT2D eigenvalue weighted by atomic mass is 9.95. The third kappa shape index (κ3) is 3.08. The van der Waals surface area contributed by atoms with Gasteiger partial charge in [0.1, 0.15) is 12.4 Å². The molecule has 0 fully saturated rings. The highest BCUT2D eigenvalue weighted by Crippen LogP contribution is 2.36. The van der Waals surface area contributed by atoms with Gasteiger partial charge in [0, 0.05) is 17.8 Å². The van der Waals surface area contributed by atoms with Crippen LogP contribution in [0.25, 0.3) is 0 Å². The van der Waals surface area contributed by atoms with E-state index in [0.717, 1.165) is 0 Å². The zero-order chi connectivity index (χ0) is 18.1. The molecule has 0 amide bonds. The average Bonchev–Trinajstić information content (AvgIpc) is 3.00. The molecule has 0 saturated heterocycles. The predicted octanol–water partition coefficient (Wildman–Crippen LogP) is 2.43. The van der Waals surface area contributed by atoms with Gasteiger partial charge in [-0.25, -0.2) is 9.48 Å². The molecule has 1 aromatic heterocycles. The van der Waals surface area contributed by atoms with Crippen LogP contribution in [0, 0.1) is 10.1 Å². The van der Waals surface area contributed by atoms with Crippen LogP contribution in [-0.4, -0.2) is 31.8 Å². The molecular formula is C16H17N5O4. The van der Waals surface area contributed by atoms with Crippen LogP contribution in [0.3, 0.4) is 0 Å². The Hall–Kier alpha value is -3.23. The highest BCUT2D eigenvalue weighted by Gasteiger charge is 2.35. The number of carbonyl (C=O) groups excluding carboxylic acids is 1. The van der Waals surface area contributed by atoms with E-state index in [9.17, 15) is 14.9 Å². The van der Waals surface area contributed by atoms with Gasteiger partial charge in [-0.2, -0.15) is 10.1 Å². The van der Waals surface area contributed by atoms with Crippen molar-refractivity contribution >= 4 is 17.6 Å². The number of benzene rings is 1. The minimum atomic E-state index is -0.662. The van der Waals surface area contributed by atoms with Crippen molar-refractivity contribution in [3.63, 3.8) is 0 Å². The monoisotopic (exact) mass is 343 g/mol. The Morgan fingerprint density at radius 1 is 1.44 bits per heavy atom. The van der Waals surface area contributed by atoms with Gasteiger partial charge < -0.3 is 10.1 Å². The number of fused-ring (bicyclic) bond motifs is 1. The SMILES string of the molecule is CC1=C(C(=O)OC(C)C)[C@H](c2cccc([N+](=O)[O-])c2)n2ncnc2N1. The van der Waals surface area contributed by atoms with E-state index in [-0.39, 0.29) is 11.8 Å². The highest BCUT2D eigenvalue weighted by atomic mass is 16.6. The van der Waals surface area contributed by atoms with Gasteiger partial charge in [0.15, 0.2) is 0 Å².